The summed E-state index contributed by atoms with van der Waals surface area (Å²) in [5.74, 6) is 0.429. The zero-order chi connectivity index (χ0) is 18.4. The van der Waals surface area contributed by atoms with Gasteiger partial charge in [0.05, 0.1) is 0 Å². The Kier molecular flexibility index (Phi) is 7.18. The highest BCUT2D eigenvalue weighted by Crippen LogP contribution is 2.15. The standard InChI is InChI=1S/C18H28N4O2/c1-11(2)16(20)8-9-22(5)17(23)7-6-14-12(3)15(10-19)18(24)21-13(14)4/h11,16H,6-9,20H2,1-5H3,(H,21,24). The van der Waals surface area contributed by atoms with Crippen LogP contribution in [0.5, 0.6) is 0 Å². The zero-order valence-corrected chi connectivity index (χ0v) is 15.3. The molecule has 0 saturated carbocycles. The fourth-order valence-corrected chi connectivity index (χ4v) is 2.64. The smallest absolute Gasteiger partial charge is 0.266 e. The number of aromatic amines is 1. The minimum atomic E-state index is -0.373. The average Bonchev–Trinajstić information content (AvgIpc) is 2.51. The highest BCUT2D eigenvalue weighted by atomic mass is 16.2. The predicted octanol–water partition coefficient (Wildman–Crippen LogP) is 1.63. The first-order valence-corrected chi connectivity index (χ1v) is 8.31. The Morgan fingerprint density at radius 3 is 2.54 bits per heavy atom. The number of pyridine rings is 1. The molecule has 3 N–H and O–H groups in total. The van der Waals surface area contributed by atoms with Crippen LogP contribution in [-0.2, 0) is 11.2 Å². The van der Waals surface area contributed by atoms with Crippen LogP contribution in [0.15, 0.2) is 4.79 Å². The second kappa shape index (κ2) is 8.65. The monoisotopic (exact) mass is 332 g/mol. The van der Waals surface area contributed by atoms with Gasteiger partial charge in [0.15, 0.2) is 0 Å². The maximum atomic E-state index is 12.3. The van der Waals surface area contributed by atoms with Crippen molar-refractivity contribution in [3.63, 3.8) is 0 Å². The SMILES string of the molecule is Cc1[nH]c(=O)c(C#N)c(C)c1CCC(=O)N(C)CCC(N)C(C)C. The van der Waals surface area contributed by atoms with Gasteiger partial charge in [0, 0.05) is 31.7 Å². The number of nitrogens with zero attached hydrogens (tertiary/aromatic N) is 2. The van der Waals surface area contributed by atoms with Crippen molar-refractivity contribution < 1.29 is 4.79 Å². The van der Waals surface area contributed by atoms with Crippen LogP contribution in [0.3, 0.4) is 0 Å². The van der Waals surface area contributed by atoms with E-state index in [0.717, 1.165) is 12.0 Å². The third kappa shape index (κ3) is 4.93. The lowest BCUT2D eigenvalue weighted by molar-refractivity contribution is -0.129. The van der Waals surface area contributed by atoms with Crippen molar-refractivity contribution >= 4 is 5.91 Å². The molecule has 0 saturated heterocycles. The molecule has 1 unspecified atom stereocenters. The molecule has 0 bridgehead atoms. The van der Waals surface area contributed by atoms with Gasteiger partial charge in [-0.1, -0.05) is 13.8 Å². The first kappa shape index (κ1) is 19.9. The second-order valence-corrected chi connectivity index (χ2v) is 6.68. The number of rotatable bonds is 7. The number of nitrogens with two attached hydrogens (primary N) is 1. The maximum Gasteiger partial charge on any atom is 0.266 e. The van der Waals surface area contributed by atoms with Gasteiger partial charge in [0.2, 0.25) is 5.91 Å². The van der Waals surface area contributed by atoms with Gasteiger partial charge in [-0.05, 0) is 43.7 Å². The quantitative estimate of drug-likeness (QED) is 0.792. The number of nitrogens with one attached hydrogen (secondary N) is 1. The van der Waals surface area contributed by atoms with Crippen molar-refractivity contribution in [3.8, 4) is 6.07 Å². The largest absolute Gasteiger partial charge is 0.346 e. The minimum absolute atomic E-state index is 0.0365. The van der Waals surface area contributed by atoms with Crippen molar-refractivity contribution in [1.82, 2.24) is 9.88 Å². The Morgan fingerprint density at radius 2 is 2.00 bits per heavy atom. The Labute approximate surface area is 143 Å². The Morgan fingerprint density at radius 1 is 1.38 bits per heavy atom. The van der Waals surface area contributed by atoms with E-state index >= 15 is 0 Å². The van der Waals surface area contributed by atoms with Crippen LogP contribution < -0.4 is 11.3 Å². The lowest BCUT2D eigenvalue weighted by Crippen LogP contribution is -2.34. The van der Waals surface area contributed by atoms with E-state index in [1.807, 2.05) is 6.07 Å². The van der Waals surface area contributed by atoms with Crippen LogP contribution in [0.2, 0.25) is 0 Å². The molecule has 24 heavy (non-hydrogen) atoms. The lowest BCUT2D eigenvalue weighted by Gasteiger charge is -2.22. The summed E-state index contributed by atoms with van der Waals surface area (Å²) in [5.41, 5.74) is 8.01. The molecule has 0 aliphatic heterocycles. The fourth-order valence-electron chi connectivity index (χ4n) is 2.64. The Balaban J connectivity index is 2.71. The van der Waals surface area contributed by atoms with E-state index < -0.39 is 0 Å². The molecule has 0 radical (unpaired) electrons. The average molecular weight is 332 g/mol. The number of amides is 1. The number of carbonyl (C=O) groups is 1. The first-order valence-electron chi connectivity index (χ1n) is 8.31. The van der Waals surface area contributed by atoms with Crippen molar-refractivity contribution in [1.29, 1.82) is 5.26 Å². The van der Waals surface area contributed by atoms with Gasteiger partial charge in [-0.15, -0.1) is 0 Å². The number of aryl methyl sites for hydroxylation is 1. The number of hydrogen-bond acceptors (Lipinski definition) is 4. The van der Waals surface area contributed by atoms with Crippen molar-refractivity contribution in [3.05, 3.63) is 32.7 Å². The Hall–Kier alpha value is -2.13. The van der Waals surface area contributed by atoms with Crippen molar-refractivity contribution in [2.24, 2.45) is 11.7 Å². The fraction of sp³-hybridized carbons (Fsp3) is 0.611. The molecule has 0 aromatic carbocycles. The lowest BCUT2D eigenvalue weighted by atomic mass is 9.98. The molecule has 1 rings (SSSR count). The highest BCUT2D eigenvalue weighted by Gasteiger charge is 2.16. The van der Waals surface area contributed by atoms with E-state index in [-0.39, 0.29) is 23.1 Å². The molecule has 1 atom stereocenters. The molecular formula is C18H28N4O2. The van der Waals surface area contributed by atoms with Crippen molar-refractivity contribution in [2.45, 2.75) is 53.0 Å². The summed E-state index contributed by atoms with van der Waals surface area (Å²) >= 11 is 0. The van der Waals surface area contributed by atoms with E-state index in [1.165, 1.54) is 0 Å². The summed E-state index contributed by atoms with van der Waals surface area (Å²) < 4.78 is 0. The molecular weight excluding hydrogens is 304 g/mol. The number of carbonyl (C=O) groups excluding carboxylic acids is 1. The molecule has 1 aromatic heterocycles. The number of H-pyrrole nitrogens is 1. The highest BCUT2D eigenvalue weighted by molar-refractivity contribution is 5.76. The van der Waals surface area contributed by atoms with Crippen LogP contribution in [0, 0.1) is 31.1 Å². The summed E-state index contributed by atoms with van der Waals surface area (Å²) in [6.45, 7) is 8.32. The predicted molar refractivity (Wildman–Crippen MR) is 94.6 cm³/mol. The number of hydrogen-bond donors (Lipinski definition) is 2. The van der Waals surface area contributed by atoms with E-state index in [9.17, 15) is 9.59 Å². The maximum absolute atomic E-state index is 12.3. The van der Waals surface area contributed by atoms with Crippen LogP contribution in [0.4, 0.5) is 0 Å². The van der Waals surface area contributed by atoms with Gasteiger partial charge < -0.3 is 15.6 Å². The molecule has 6 heteroatoms. The number of aromatic nitrogens is 1. The van der Waals surface area contributed by atoms with Gasteiger partial charge in [-0.25, -0.2) is 0 Å². The zero-order valence-electron chi connectivity index (χ0n) is 15.3. The van der Waals surface area contributed by atoms with E-state index in [2.05, 4.69) is 18.8 Å². The van der Waals surface area contributed by atoms with Crippen LogP contribution >= 0.6 is 0 Å². The van der Waals surface area contributed by atoms with Gasteiger partial charge in [-0.2, -0.15) is 5.26 Å². The second-order valence-electron chi connectivity index (χ2n) is 6.68. The van der Waals surface area contributed by atoms with E-state index in [0.29, 0.717) is 36.6 Å². The van der Waals surface area contributed by atoms with Gasteiger partial charge in [0.1, 0.15) is 11.6 Å². The third-order valence-corrected chi connectivity index (χ3v) is 4.59. The van der Waals surface area contributed by atoms with Crippen LogP contribution in [-0.4, -0.2) is 35.4 Å². The molecule has 0 fully saturated rings. The van der Waals surface area contributed by atoms with Gasteiger partial charge in [-0.3, -0.25) is 9.59 Å². The Bertz CT molecular complexity index is 685. The van der Waals surface area contributed by atoms with Gasteiger partial charge in [0.25, 0.3) is 5.56 Å². The summed E-state index contributed by atoms with van der Waals surface area (Å²) in [6.07, 6.45) is 1.61. The molecule has 1 aromatic rings. The normalized spacial score (nSPS) is 12.1. The number of nitriles is 1. The summed E-state index contributed by atoms with van der Waals surface area (Å²) in [6, 6.07) is 2.02. The molecule has 6 nitrogen and oxygen atoms in total. The van der Waals surface area contributed by atoms with Crippen molar-refractivity contribution in [2.75, 3.05) is 13.6 Å². The molecule has 0 aliphatic carbocycles. The third-order valence-electron chi connectivity index (χ3n) is 4.59. The van der Waals surface area contributed by atoms with E-state index in [1.54, 1.807) is 25.8 Å². The van der Waals surface area contributed by atoms with Gasteiger partial charge >= 0.3 is 0 Å². The first-order chi connectivity index (χ1) is 11.2. The molecule has 0 aliphatic rings. The van der Waals surface area contributed by atoms with Crippen LogP contribution in [0.25, 0.3) is 0 Å². The molecule has 132 valence electrons. The molecule has 0 spiro atoms. The summed E-state index contributed by atoms with van der Waals surface area (Å²) in [4.78, 5) is 28.4. The summed E-state index contributed by atoms with van der Waals surface area (Å²) in [7, 11) is 1.78. The minimum Gasteiger partial charge on any atom is -0.346 e. The van der Waals surface area contributed by atoms with E-state index in [4.69, 9.17) is 11.0 Å². The summed E-state index contributed by atoms with van der Waals surface area (Å²) in [5, 5.41) is 9.09. The van der Waals surface area contributed by atoms with Crippen LogP contribution in [0.1, 0.15) is 49.1 Å². The molecule has 1 heterocycles. The topological polar surface area (TPSA) is 103 Å². The molecule has 1 amide bonds.